The van der Waals surface area contributed by atoms with Crippen LogP contribution in [0.1, 0.15) is 34.9 Å². The molecule has 0 aliphatic carbocycles. The number of nitrogens with zero attached hydrogens (tertiary/aromatic N) is 3. The molecule has 2 aromatic heterocycles. The van der Waals surface area contributed by atoms with E-state index in [1.54, 1.807) is 12.3 Å². The van der Waals surface area contributed by atoms with E-state index in [1.807, 2.05) is 59.5 Å². The molecule has 1 aliphatic rings. The first-order valence-corrected chi connectivity index (χ1v) is 9.52. The summed E-state index contributed by atoms with van der Waals surface area (Å²) in [6.45, 7) is 1.43. The fourth-order valence-electron chi connectivity index (χ4n) is 3.54. The predicted molar refractivity (Wildman–Crippen MR) is 107 cm³/mol. The van der Waals surface area contributed by atoms with Crippen molar-refractivity contribution >= 4 is 17.5 Å². The molecule has 0 radical (unpaired) electrons. The second kappa shape index (κ2) is 7.89. The monoisotopic (exact) mass is 377 g/mol. The van der Waals surface area contributed by atoms with Gasteiger partial charge in [-0.05, 0) is 49.2 Å². The zero-order chi connectivity index (χ0) is 18.6. The quantitative estimate of drug-likeness (QED) is 0.657. The number of halogens is 1. The van der Waals surface area contributed by atoms with Crippen molar-refractivity contribution in [1.29, 1.82) is 0 Å². The number of benzene rings is 1. The van der Waals surface area contributed by atoms with E-state index in [1.165, 1.54) is 0 Å². The summed E-state index contributed by atoms with van der Waals surface area (Å²) in [5.74, 6) is 0.219. The number of amides is 1. The van der Waals surface area contributed by atoms with Crippen LogP contribution < -0.4 is 0 Å². The summed E-state index contributed by atoms with van der Waals surface area (Å²) in [7, 11) is 0. The maximum atomic E-state index is 12.7. The third-order valence-corrected chi connectivity index (χ3v) is 5.14. The molecule has 136 valence electrons. The summed E-state index contributed by atoms with van der Waals surface area (Å²) in [6, 6.07) is 19.2. The van der Waals surface area contributed by atoms with Gasteiger partial charge >= 0.3 is 0 Å². The van der Waals surface area contributed by atoms with E-state index in [0.29, 0.717) is 17.3 Å². The van der Waals surface area contributed by atoms with Crippen LogP contribution in [0.3, 0.4) is 0 Å². The van der Waals surface area contributed by atoms with Gasteiger partial charge in [0.1, 0.15) is 5.69 Å². The van der Waals surface area contributed by atoms with Crippen LogP contribution in [0.25, 0.3) is 11.3 Å². The van der Waals surface area contributed by atoms with E-state index in [-0.39, 0.29) is 11.8 Å². The molecule has 3 heterocycles. The van der Waals surface area contributed by atoms with Gasteiger partial charge in [-0.15, -0.1) is 0 Å². The molecule has 0 unspecified atom stereocenters. The van der Waals surface area contributed by atoms with E-state index in [0.717, 1.165) is 36.3 Å². The third kappa shape index (κ3) is 4.01. The molecule has 3 aromatic rings. The minimum atomic E-state index is -0.00806. The molecule has 1 saturated heterocycles. The van der Waals surface area contributed by atoms with Crippen LogP contribution in [0.5, 0.6) is 0 Å². The number of hydrogen-bond donors (Lipinski definition) is 0. The van der Waals surface area contributed by atoms with Gasteiger partial charge in [-0.2, -0.15) is 0 Å². The zero-order valence-electron chi connectivity index (χ0n) is 14.9. The van der Waals surface area contributed by atoms with Crippen molar-refractivity contribution in [3.05, 3.63) is 83.3 Å². The Labute approximate surface area is 163 Å². The highest BCUT2D eigenvalue weighted by Crippen LogP contribution is 2.29. The maximum Gasteiger partial charge on any atom is 0.272 e. The lowest BCUT2D eigenvalue weighted by molar-refractivity contribution is 0.0700. The molecule has 1 aromatic carbocycles. The normalized spacial score (nSPS) is 16.9. The highest BCUT2D eigenvalue weighted by molar-refractivity contribution is 6.30. The van der Waals surface area contributed by atoms with E-state index < -0.39 is 0 Å². The van der Waals surface area contributed by atoms with Crippen LogP contribution in [-0.2, 0) is 0 Å². The van der Waals surface area contributed by atoms with Crippen molar-refractivity contribution in [2.45, 2.75) is 18.8 Å². The summed E-state index contributed by atoms with van der Waals surface area (Å²) in [4.78, 5) is 23.7. The highest BCUT2D eigenvalue weighted by atomic mass is 35.5. The molecule has 0 N–H and O–H groups in total. The van der Waals surface area contributed by atoms with Gasteiger partial charge in [-0.25, -0.2) is 0 Å². The van der Waals surface area contributed by atoms with Gasteiger partial charge in [0.25, 0.3) is 5.91 Å². The van der Waals surface area contributed by atoms with Gasteiger partial charge in [-0.3, -0.25) is 14.8 Å². The molecule has 1 amide bonds. The number of carbonyl (C=O) groups excluding carboxylic acids is 1. The zero-order valence-corrected chi connectivity index (χ0v) is 15.6. The molecule has 27 heavy (non-hydrogen) atoms. The minimum Gasteiger partial charge on any atom is -0.337 e. The average Bonchev–Trinajstić information content (AvgIpc) is 2.74. The van der Waals surface area contributed by atoms with Crippen LogP contribution >= 0.6 is 11.6 Å². The Morgan fingerprint density at radius 3 is 2.78 bits per heavy atom. The van der Waals surface area contributed by atoms with Crippen molar-refractivity contribution in [3.63, 3.8) is 0 Å². The molecule has 4 rings (SSSR count). The Morgan fingerprint density at radius 2 is 1.96 bits per heavy atom. The number of aromatic nitrogens is 2. The molecule has 0 saturated carbocycles. The second-order valence-electron chi connectivity index (χ2n) is 6.76. The molecule has 1 atom stereocenters. The number of hydrogen-bond acceptors (Lipinski definition) is 3. The number of carbonyl (C=O) groups is 1. The molecule has 5 heteroatoms. The van der Waals surface area contributed by atoms with Crippen molar-refractivity contribution < 1.29 is 4.79 Å². The number of pyridine rings is 2. The second-order valence-corrected chi connectivity index (χ2v) is 7.20. The Bertz CT molecular complexity index is 945. The van der Waals surface area contributed by atoms with Gasteiger partial charge < -0.3 is 4.90 Å². The summed E-state index contributed by atoms with van der Waals surface area (Å²) >= 11 is 6.12. The Kier molecular flexibility index (Phi) is 5.16. The summed E-state index contributed by atoms with van der Waals surface area (Å²) in [5, 5.41) is 0.699. The Morgan fingerprint density at radius 1 is 1.07 bits per heavy atom. The number of piperidine rings is 1. The largest absolute Gasteiger partial charge is 0.337 e. The molecule has 1 fully saturated rings. The van der Waals surface area contributed by atoms with E-state index in [9.17, 15) is 4.79 Å². The van der Waals surface area contributed by atoms with Gasteiger partial charge in [0.15, 0.2) is 0 Å². The minimum absolute atomic E-state index is 0.00806. The molecule has 0 bridgehead atoms. The third-order valence-electron chi connectivity index (χ3n) is 4.90. The summed E-state index contributed by atoms with van der Waals surface area (Å²) < 4.78 is 0. The Hall–Kier alpha value is -2.72. The Balaban J connectivity index is 1.55. The van der Waals surface area contributed by atoms with Crippen LogP contribution in [0, 0.1) is 0 Å². The first kappa shape index (κ1) is 17.7. The first-order valence-electron chi connectivity index (χ1n) is 9.14. The molecular weight excluding hydrogens is 358 g/mol. The molecular formula is C22H20ClN3O. The highest BCUT2D eigenvalue weighted by Gasteiger charge is 2.27. The predicted octanol–water partition coefficient (Wildman–Crippen LogP) is 4.82. The average molecular weight is 378 g/mol. The smallest absolute Gasteiger partial charge is 0.272 e. The van der Waals surface area contributed by atoms with Crippen molar-refractivity contribution in [1.82, 2.24) is 14.9 Å². The van der Waals surface area contributed by atoms with Crippen LogP contribution in [0.4, 0.5) is 0 Å². The molecule has 1 aliphatic heterocycles. The van der Waals surface area contributed by atoms with Gasteiger partial charge in [0.05, 0.1) is 5.69 Å². The van der Waals surface area contributed by atoms with E-state index in [2.05, 4.69) is 4.98 Å². The summed E-state index contributed by atoms with van der Waals surface area (Å²) in [6.07, 6.45) is 3.65. The topological polar surface area (TPSA) is 46.1 Å². The lowest BCUT2D eigenvalue weighted by Crippen LogP contribution is -2.39. The van der Waals surface area contributed by atoms with E-state index >= 15 is 0 Å². The summed E-state index contributed by atoms with van der Waals surface area (Å²) in [5.41, 5.74) is 3.43. The first-order chi connectivity index (χ1) is 13.2. The molecule has 4 nitrogen and oxygen atoms in total. The number of likely N-dealkylation sites (tertiary alicyclic amines) is 1. The molecule has 0 spiro atoms. The van der Waals surface area contributed by atoms with Gasteiger partial charge in [-0.1, -0.05) is 35.9 Å². The van der Waals surface area contributed by atoms with Crippen molar-refractivity contribution in [2.24, 2.45) is 0 Å². The maximum absolute atomic E-state index is 12.7. The lowest BCUT2D eigenvalue weighted by Gasteiger charge is -2.32. The van der Waals surface area contributed by atoms with Crippen LogP contribution in [0.15, 0.2) is 66.9 Å². The van der Waals surface area contributed by atoms with Gasteiger partial charge in [0.2, 0.25) is 0 Å². The van der Waals surface area contributed by atoms with E-state index in [4.69, 9.17) is 16.6 Å². The van der Waals surface area contributed by atoms with Gasteiger partial charge in [0, 0.05) is 41.5 Å². The van der Waals surface area contributed by atoms with Crippen LogP contribution in [0.2, 0.25) is 5.02 Å². The number of rotatable bonds is 3. The fourth-order valence-corrected chi connectivity index (χ4v) is 3.73. The fraction of sp³-hybridized carbons (Fsp3) is 0.227. The van der Waals surface area contributed by atoms with Crippen molar-refractivity contribution in [2.75, 3.05) is 13.1 Å². The SMILES string of the molecule is O=C(c1ccccn1)N1CCC[C@@H](c2cccc(-c3cccc(Cl)c3)n2)C1. The van der Waals surface area contributed by atoms with Crippen LogP contribution in [-0.4, -0.2) is 33.9 Å². The standard InChI is InChI=1S/C22H20ClN3O/c23-18-8-3-6-16(14-18)19-10-4-11-20(25-19)17-7-5-13-26(15-17)22(27)21-9-1-2-12-24-21/h1-4,6,8-12,14,17H,5,7,13,15H2/t17-/m1/s1. The van der Waals surface area contributed by atoms with Crippen molar-refractivity contribution in [3.8, 4) is 11.3 Å². The lowest BCUT2D eigenvalue weighted by atomic mass is 9.93.